The summed E-state index contributed by atoms with van der Waals surface area (Å²) in [4.78, 5) is 25.8. The molecule has 4 rings (SSSR count). The van der Waals surface area contributed by atoms with Crippen molar-refractivity contribution in [2.45, 2.75) is 13.8 Å². The van der Waals surface area contributed by atoms with E-state index in [9.17, 15) is 9.59 Å². The fourth-order valence-corrected chi connectivity index (χ4v) is 3.41. The van der Waals surface area contributed by atoms with Crippen LogP contribution in [0.2, 0.25) is 0 Å². The van der Waals surface area contributed by atoms with Gasteiger partial charge in [-0.05, 0) is 56.3 Å². The van der Waals surface area contributed by atoms with Crippen molar-refractivity contribution in [3.63, 3.8) is 0 Å². The van der Waals surface area contributed by atoms with E-state index in [1.165, 1.54) is 0 Å². The second-order valence-electron chi connectivity index (χ2n) is 6.17. The van der Waals surface area contributed by atoms with E-state index in [1.807, 2.05) is 66.4 Å². The lowest BCUT2D eigenvalue weighted by Crippen LogP contribution is -2.25. The Kier molecular flexibility index (Phi) is 3.53. The van der Waals surface area contributed by atoms with Gasteiger partial charge in [-0.15, -0.1) is 0 Å². The summed E-state index contributed by atoms with van der Waals surface area (Å²) in [6.45, 7) is 4.20. The predicted molar refractivity (Wildman–Crippen MR) is 101 cm³/mol. The Balaban J connectivity index is 1.79. The molecule has 4 heteroatoms. The van der Waals surface area contributed by atoms with Gasteiger partial charge in [0.05, 0.1) is 5.69 Å². The van der Waals surface area contributed by atoms with Gasteiger partial charge >= 0.3 is 0 Å². The normalized spacial score (nSPS) is 12.7. The highest BCUT2D eigenvalue weighted by molar-refractivity contribution is 6.26. The van der Waals surface area contributed by atoms with Crippen LogP contribution in [-0.2, 0) is 0 Å². The van der Waals surface area contributed by atoms with Gasteiger partial charge < -0.3 is 10.2 Å². The van der Waals surface area contributed by atoms with Crippen LogP contribution >= 0.6 is 0 Å². The van der Waals surface area contributed by atoms with E-state index in [1.54, 1.807) is 6.92 Å². The summed E-state index contributed by atoms with van der Waals surface area (Å²) in [6, 6.07) is 17.2. The largest absolute Gasteiger partial charge is 0.355 e. The minimum Gasteiger partial charge on any atom is -0.355 e. The molecular weight excluding hydrogens is 312 g/mol. The van der Waals surface area contributed by atoms with Crippen molar-refractivity contribution in [1.29, 1.82) is 0 Å². The van der Waals surface area contributed by atoms with E-state index in [0.717, 1.165) is 33.4 Å². The van der Waals surface area contributed by atoms with E-state index in [4.69, 9.17) is 0 Å². The molecule has 0 bridgehead atoms. The van der Waals surface area contributed by atoms with Crippen molar-refractivity contribution >= 4 is 39.5 Å². The highest BCUT2D eigenvalue weighted by atomic mass is 16.2. The number of benzene rings is 3. The Labute approximate surface area is 146 Å². The highest BCUT2D eigenvalue weighted by Crippen LogP contribution is 2.41. The molecule has 0 atom stereocenters. The fraction of sp³-hybridized carbons (Fsp3) is 0.143. The number of amides is 1. The summed E-state index contributed by atoms with van der Waals surface area (Å²) in [5, 5.41) is 5.42. The fourth-order valence-electron chi connectivity index (χ4n) is 3.41. The van der Waals surface area contributed by atoms with Crippen molar-refractivity contribution in [2.75, 3.05) is 16.8 Å². The van der Waals surface area contributed by atoms with Crippen molar-refractivity contribution in [1.82, 2.24) is 0 Å². The Bertz CT molecular complexity index is 1010. The Morgan fingerprint density at radius 2 is 1.80 bits per heavy atom. The zero-order valence-corrected chi connectivity index (χ0v) is 14.2. The average Bonchev–Trinajstić information content (AvgIpc) is 2.91. The average molecular weight is 330 g/mol. The van der Waals surface area contributed by atoms with Crippen LogP contribution in [0.5, 0.6) is 0 Å². The topological polar surface area (TPSA) is 49.4 Å². The van der Waals surface area contributed by atoms with E-state index in [2.05, 4.69) is 5.32 Å². The van der Waals surface area contributed by atoms with Crippen molar-refractivity contribution in [2.24, 2.45) is 0 Å². The van der Waals surface area contributed by atoms with Crippen molar-refractivity contribution in [3.8, 4) is 0 Å². The molecule has 0 saturated carbocycles. The molecule has 0 radical (unpaired) electrons. The molecule has 25 heavy (non-hydrogen) atoms. The monoisotopic (exact) mass is 330 g/mol. The van der Waals surface area contributed by atoms with Crippen molar-refractivity contribution in [3.05, 3.63) is 65.7 Å². The minimum atomic E-state index is 0.0510. The van der Waals surface area contributed by atoms with Crippen LogP contribution in [0.4, 0.5) is 17.1 Å². The zero-order valence-electron chi connectivity index (χ0n) is 14.2. The molecule has 124 valence electrons. The third kappa shape index (κ3) is 2.38. The van der Waals surface area contributed by atoms with Crippen LogP contribution < -0.4 is 10.2 Å². The van der Waals surface area contributed by atoms with E-state index in [0.29, 0.717) is 12.1 Å². The van der Waals surface area contributed by atoms with Gasteiger partial charge in [-0.25, -0.2) is 0 Å². The molecule has 1 N–H and O–H groups in total. The Morgan fingerprint density at radius 1 is 1.04 bits per heavy atom. The number of Topliss-reactive ketones (excluding diaryl/α,β-unsaturated/α-hetero) is 1. The predicted octanol–water partition coefficient (Wildman–Crippen LogP) is 4.77. The van der Waals surface area contributed by atoms with Gasteiger partial charge in [0.25, 0.3) is 5.91 Å². The van der Waals surface area contributed by atoms with Gasteiger partial charge in [0.15, 0.2) is 5.78 Å². The lowest BCUT2D eigenvalue weighted by Gasteiger charge is -2.16. The van der Waals surface area contributed by atoms with Gasteiger partial charge in [-0.3, -0.25) is 9.59 Å². The number of rotatable bonds is 4. The molecule has 0 unspecified atom stereocenters. The SMILES string of the molecule is CCN1C(=O)c2cccc3c(Nc4ccc(C(C)=O)cc4)ccc1c23. The van der Waals surface area contributed by atoms with Gasteiger partial charge in [0.2, 0.25) is 0 Å². The maximum atomic E-state index is 12.6. The van der Waals surface area contributed by atoms with Crippen LogP contribution in [0.15, 0.2) is 54.6 Å². The molecule has 4 nitrogen and oxygen atoms in total. The number of carbonyl (C=O) groups is 2. The summed E-state index contributed by atoms with van der Waals surface area (Å²) in [7, 11) is 0. The van der Waals surface area contributed by atoms with Crippen LogP contribution in [0.25, 0.3) is 10.8 Å². The minimum absolute atomic E-state index is 0.0510. The number of hydrogen-bond donors (Lipinski definition) is 1. The highest BCUT2D eigenvalue weighted by Gasteiger charge is 2.29. The van der Waals surface area contributed by atoms with Crippen LogP contribution in [0.1, 0.15) is 34.6 Å². The van der Waals surface area contributed by atoms with Gasteiger partial charge in [-0.2, -0.15) is 0 Å². The number of carbonyl (C=O) groups excluding carboxylic acids is 2. The van der Waals surface area contributed by atoms with E-state index >= 15 is 0 Å². The summed E-state index contributed by atoms with van der Waals surface area (Å²) >= 11 is 0. The van der Waals surface area contributed by atoms with E-state index in [-0.39, 0.29) is 11.7 Å². The molecule has 3 aromatic carbocycles. The maximum absolute atomic E-state index is 12.6. The molecule has 1 aliphatic rings. The third-order valence-electron chi connectivity index (χ3n) is 4.67. The lowest BCUT2D eigenvalue weighted by atomic mass is 10.0. The number of ketones is 1. The zero-order chi connectivity index (χ0) is 17.6. The standard InChI is InChI=1S/C21H18N2O2/c1-3-23-19-12-11-18(16-5-4-6-17(20(16)19)21(23)25)22-15-9-7-14(8-10-15)13(2)24/h4-12,22H,3H2,1-2H3. The van der Waals surface area contributed by atoms with Crippen molar-refractivity contribution < 1.29 is 9.59 Å². The molecule has 0 fully saturated rings. The van der Waals surface area contributed by atoms with Gasteiger partial charge in [0, 0.05) is 39.8 Å². The molecule has 1 amide bonds. The third-order valence-corrected chi connectivity index (χ3v) is 4.67. The molecule has 1 heterocycles. The smallest absolute Gasteiger partial charge is 0.258 e. The molecule has 0 spiro atoms. The van der Waals surface area contributed by atoms with Crippen LogP contribution in [-0.4, -0.2) is 18.2 Å². The molecule has 0 aromatic heterocycles. The molecule has 0 aliphatic carbocycles. The summed E-state index contributed by atoms with van der Waals surface area (Å²) in [5.74, 6) is 0.112. The number of nitrogens with one attached hydrogen (secondary N) is 1. The first-order chi connectivity index (χ1) is 12.1. The maximum Gasteiger partial charge on any atom is 0.258 e. The quantitative estimate of drug-likeness (QED) is 0.701. The Hall–Kier alpha value is -3.14. The van der Waals surface area contributed by atoms with Gasteiger partial charge in [0.1, 0.15) is 0 Å². The lowest BCUT2D eigenvalue weighted by molar-refractivity contribution is 0.0991. The summed E-state index contributed by atoms with van der Waals surface area (Å²) in [5.41, 5.74) is 4.26. The molecule has 0 saturated heterocycles. The first kappa shape index (κ1) is 15.4. The first-order valence-electron chi connectivity index (χ1n) is 8.35. The second kappa shape index (κ2) is 5.74. The van der Waals surface area contributed by atoms with E-state index < -0.39 is 0 Å². The number of hydrogen-bond acceptors (Lipinski definition) is 3. The molecule has 3 aromatic rings. The summed E-state index contributed by atoms with van der Waals surface area (Å²) in [6.07, 6.45) is 0. The van der Waals surface area contributed by atoms with Gasteiger partial charge in [-0.1, -0.05) is 12.1 Å². The Morgan fingerprint density at radius 3 is 2.48 bits per heavy atom. The second-order valence-corrected chi connectivity index (χ2v) is 6.17. The number of nitrogens with zero attached hydrogens (tertiary/aromatic N) is 1. The molecule has 1 aliphatic heterocycles. The molecular formula is C21H18N2O2. The van der Waals surface area contributed by atoms with Crippen LogP contribution in [0.3, 0.4) is 0 Å². The van der Waals surface area contributed by atoms with Crippen LogP contribution in [0, 0.1) is 0 Å². The number of anilines is 3. The summed E-state index contributed by atoms with van der Waals surface area (Å²) < 4.78 is 0. The first-order valence-corrected chi connectivity index (χ1v) is 8.35.